The molecule has 0 heterocycles. The molecule has 1 aromatic rings. The van der Waals surface area contributed by atoms with Gasteiger partial charge in [0.15, 0.2) is 23.3 Å². The molecular formula is C14H18F5NOSi. The second-order valence-electron chi connectivity index (χ2n) is 6.25. The molecule has 8 heteroatoms. The normalized spacial score (nSPS) is 11.7. The molecule has 0 aliphatic heterocycles. The van der Waals surface area contributed by atoms with Crippen molar-refractivity contribution in [1.82, 2.24) is 0 Å². The second kappa shape index (κ2) is 6.76. The van der Waals surface area contributed by atoms with Crippen molar-refractivity contribution in [3.8, 4) is 0 Å². The number of amides is 1. The van der Waals surface area contributed by atoms with E-state index in [4.69, 9.17) is 0 Å². The predicted molar refractivity (Wildman–Crippen MR) is 77.0 cm³/mol. The molecule has 0 aliphatic rings. The number of anilines is 1. The minimum absolute atomic E-state index is 0.0993. The highest BCUT2D eigenvalue weighted by atomic mass is 28.3. The minimum Gasteiger partial charge on any atom is -0.307 e. The first-order valence-electron chi connectivity index (χ1n) is 6.77. The van der Waals surface area contributed by atoms with Crippen molar-refractivity contribution < 1.29 is 26.7 Å². The van der Waals surface area contributed by atoms with Gasteiger partial charge < -0.3 is 4.90 Å². The van der Waals surface area contributed by atoms with Gasteiger partial charge in [0.2, 0.25) is 11.7 Å². The van der Waals surface area contributed by atoms with Crippen LogP contribution in [0, 0.1) is 29.1 Å². The molecule has 1 aromatic carbocycles. The van der Waals surface area contributed by atoms with Crippen LogP contribution >= 0.6 is 0 Å². The highest BCUT2D eigenvalue weighted by Gasteiger charge is 2.30. The maximum atomic E-state index is 13.8. The number of halogens is 5. The molecule has 0 radical (unpaired) electrons. The fourth-order valence-corrected chi connectivity index (χ4v) is 3.24. The van der Waals surface area contributed by atoms with E-state index in [2.05, 4.69) is 19.6 Å². The van der Waals surface area contributed by atoms with Crippen LogP contribution in [0.25, 0.3) is 0 Å². The fraction of sp³-hybridized carbons (Fsp3) is 0.500. The zero-order valence-electron chi connectivity index (χ0n) is 12.9. The van der Waals surface area contributed by atoms with Crippen LogP contribution in [0.5, 0.6) is 0 Å². The first-order valence-corrected chi connectivity index (χ1v) is 10.5. The van der Waals surface area contributed by atoms with Crippen molar-refractivity contribution in [2.24, 2.45) is 0 Å². The zero-order chi connectivity index (χ0) is 17.2. The van der Waals surface area contributed by atoms with Crippen LogP contribution in [0.15, 0.2) is 0 Å². The topological polar surface area (TPSA) is 20.3 Å². The van der Waals surface area contributed by atoms with E-state index in [0.717, 1.165) is 13.0 Å². The summed E-state index contributed by atoms with van der Waals surface area (Å²) in [6, 6.07) is 0.756. The van der Waals surface area contributed by atoms with Crippen molar-refractivity contribution in [2.45, 2.75) is 39.0 Å². The first kappa shape index (κ1) is 18.6. The molecule has 0 N–H and O–H groups in total. The number of hydrogen-bond acceptors (Lipinski definition) is 1. The summed E-state index contributed by atoms with van der Waals surface area (Å²) in [6.45, 7) is 7.14. The van der Waals surface area contributed by atoms with E-state index >= 15 is 0 Å². The summed E-state index contributed by atoms with van der Waals surface area (Å²) in [7, 11) is -1.45. The molecule has 0 unspecified atom stereocenters. The van der Waals surface area contributed by atoms with Gasteiger partial charge in [-0.2, -0.15) is 0 Å². The molecule has 124 valence electrons. The molecule has 1 rings (SSSR count). The lowest BCUT2D eigenvalue weighted by Crippen LogP contribution is -2.33. The Kier molecular flexibility index (Phi) is 5.72. The second-order valence-corrected chi connectivity index (χ2v) is 11.9. The fourth-order valence-electron chi connectivity index (χ4n) is 2.02. The van der Waals surface area contributed by atoms with Crippen LogP contribution in [0.3, 0.4) is 0 Å². The Hall–Kier alpha value is -1.44. The van der Waals surface area contributed by atoms with Crippen molar-refractivity contribution in [2.75, 3.05) is 11.4 Å². The summed E-state index contributed by atoms with van der Waals surface area (Å²) >= 11 is 0. The molecule has 0 aliphatic carbocycles. The Morgan fingerprint density at radius 1 is 0.909 bits per heavy atom. The maximum Gasteiger partial charge on any atom is 0.224 e. The third-order valence-corrected chi connectivity index (χ3v) is 5.00. The molecule has 2 nitrogen and oxygen atoms in total. The van der Waals surface area contributed by atoms with Crippen molar-refractivity contribution in [3.63, 3.8) is 0 Å². The Balaban J connectivity index is 3.20. The van der Waals surface area contributed by atoms with E-state index < -0.39 is 48.8 Å². The van der Waals surface area contributed by atoms with Gasteiger partial charge in [-0.15, -0.1) is 0 Å². The number of rotatable bonds is 5. The van der Waals surface area contributed by atoms with Gasteiger partial charge in [0, 0.05) is 21.5 Å². The summed E-state index contributed by atoms with van der Waals surface area (Å²) in [6.07, 6.45) is 0.425. The van der Waals surface area contributed by atoms with Crippen LogP contribution < -0.4 is 4.90 Å². The predicted octanol–water partition coefficient (Wildman–Crippen LogP) is 4.46. The van der Waals surface area contributed by atoms with E-state index in [0.29, 0.717) is 11.3 Å². The molecule has 0 spiro atoms. The molecule has 0 saturated carbocycles. The minimum atomic E-state index is -2.23. The van der Waals surface area contributed by atoms with Crippen molar-refractivity contribution in [3.05, 3.63) is 29.1 Å². The summed E-state index contributed by atoms with van der Waals surface area (Å²) in [5, 5.41) is 0. The number of carbonyl (C=O) groups is 1. The zero-order valence-corrected chi connectivity index (χ0v) is 13.9. The number of carbonyl (C=O) groups excluding carboxylic acids is 1. The molecule has 0 bridgehead atoms. The van der Waals surface area contributed by atoms with E-state index in [9.17, 15) is 26.7 Å². The standard InChI is InChI=1S/C14H18F5NOSi/c1-8(21)20(6-5-7-22(2,3)4)14-12(18)10(16)9(15)11(17)13(14)19/h5-7H2,1-4H3. The number of nitrogens with zero attached hydrogens (tertiary/aromatic N) is 1. The van der Waals surface area contributed by atoms with Crippen molar-refractivity contribution >= 4 is 19.7 Å². The Morgan fingerprint density at radius 2 is 1.32 bits per heavy atom. The Bertz CT molecular complexity index is 557. The van der Waals surface area contributed by atoms with Crippen LogP contribution in [0.2, 0.25) is 25.7 Å². The molecule has 0 fully saturated rings. The molecule has 0 aromatic heterocycles. The van der Waals surface area contributed by atoms with Gasteiger partial charge in [-0.05, 0) is 6.42 Å². The Morgan fingerprint density at radius 3 is 1.68 bits per heavy atom. The van der Waals surface area contributed by atoms with Crippen LogP contribution in [-0.4, -0.2) is 20.5 Å². The lowest BCUT2D eigenvalue weighted by atomic mass is 10.2. The van der Waals surface area contributed by atoms with Gasteiger partial charge in [-0.25, -0.2) is 22.0 Å². The highest BCUT2D eigenvalue weighted by molar-refractivity contribution is 6.76. The summed E-state index contributed by atoms with van der Waals surface area (Å²) in [4.78, 5) is 12.2. The van der Waals surface area contributed by atoms with Gasteiger partial charge in [-0.1, -0.05) is 25.7 Å². The molecule has 22 heavy (non-hydrogen) atoms. The third kappa shape index (κ3) is 4.06. The van der Waals surface area contributed by atoms with Crippen molar-refractivity contribution in [1.29, 1.82) is 0 Å². The lowest BCUT2D eigenvalue weighted by Gasteiger charge is -2.24. The number of benzene rings is 1. The van der Waals surface area contributed by atoms with E-state index in [1.54, 1.807) is 0 Å². The molecule has 0 atom stereocenters. The van der Waals surface area contributed by atoms with Gasteiger partial charge in [0.1, 0.15) is 5.69 Å². The largest absolute Gasteiger partial charge is 0.307 e. The van der Waals surface area contributed by atoms with E-state index in [1.165, 1.54) is 0 Å². The average Bonchev–Trinajstić information content (AvgIpc) is 2.40. The third-order valence-electron chi connectivity index (χ3n) is 3.15. The number of hydrogen-bond donors (Lipinski definition) is 0. The molecular weight excluding hydrogens is 321 g/mol. The quantitative estimate of drug-likeness (QED) is 0.336. The summed E-state index contributed by atoms with van der Waals surface area (Å²) in [5.41, 5.74) is -1.18. The summed E-state index contributed by atoms with van der Waals surface area (Å²) < 4.78 is 67.1. The van der Waals surface area contributed by atoms with Gasteiger partial charge in [-0.3, -0.25) is 4.79 Å². The smallest absolute Gasteiger partial charge is 0.224 e. The summed E-state index contributed by atoms with van der Waals surface area (Å²) in [5.74, 6) is -11.1. The van der Waals surface area contributed by atoms with Gasteiger partial charge >= 0.3 is 0 Å². The molecule has 1 amide bonds. The Labute approximate surface area is 126 Å². The average molecular weight is 339 g/mol. The lowest BCUT2D eigenvalue weighted by molar-refractivity contribution is -0.116. The highest BCUT2D eigenvalue weighted by Crippen LogP contribution is 2.30. The van der Waals surface area contributed by atoms with Crippen LogP contribution in [-0.2, 0) is 4.79 Å². The SMILES string of the molecule is CC(=O)N(CCC[Si](C)(C)C)c1c(F)c(F)c(F)c(F)c1F. The van der Waals surface area contributed by atoms with Crippen LogP contribution in [0.4, 0.5) is 27.6 Å². The molecule has 0 saturated heterocycles. The van der Waals surface area contributed by atoms with E-state index in [1.807, 2.05) is 0 Å². The van der Waals surface area contributed by atoms with Gasteiger partial charge in [0.25, 0.3) is 0 Å². The van der Waals surface area contributed by atoms with E-state index in [-0.39, 0.29) is 6.54 Å². The van der Waals surface area contributed by atoms with Gasteiger partial charge in [0.05, 0.1) is 0 Å². The monoisotopic (exact) mass is 339 g/mol. The first-order chi connectivity index (χ1) is 9.97. The maximum absolute atomic E-state index is 13.8. The van der Waals surface area contributed by atoms with Crippen LogP contribution in [0.1, 0.15) is 13.3 Å².